The van der Waals surface area contributed by atoms with E-state index in [9.17, 15) is 5.11 Å². The van der Waals surface area contributed by atoms with Gasteiger partial charge in [0.15, 0.2) is 0 Å². The van der Waals surface area contributed by atoms with Crippen molar-refractivity contribution in [3.8, 4) is 0 Å². The van der Waals surface area contributed by atoms with Gasteiger partial charge in [-0.15, -0.1) is 0 Å². The molecule has 0 amide bonds. The molecule has 0 saturated heterocycles. The maximum atomic E-state index is 9.75. The van der Waals surface area contributed by atoms with Crippen LogP contribution in [0.3, 0.4) is 0 Å². The topological polar surface area (TPSA) is 23.5 Å². The molecule has 2 saturated carbocycles. The Morgan fingerprint density at radius 2 is 1.56 bits per heavy atom. The van der Waals surface area contributed by atoms with Gasteiger partial charge in [-0.3, -0.25) is 0 Å². The maximum absolute atomic E-state index is 9.75. The SMILES string of the molecule is CC1CCCC(N(C)C2CCCC(O)C2)C1. The van der Waals surface area contributed by atoms with E-state index in [1.165, 1.54) is 38.5 Å². The summed E-state index contributed by atoms with van der Waals surface area (Å²) in [6, 6.07) is 1.41. The molecule has 2 aliphatic carbocycles. The van der Waals surface area contributed by atoms with Gasteiger partial charge in [-0.1, -0.05) is 19.8 Å². The Morgan fingerprint density at radius 3 is 2.19 bits per heavy atom. The fourth-order valence-electron chi connectivity index (χ4n) is 3.58. The van der Waals surface area contributed by atoms with E-state index in [0.717, 1.165) is 24.8 Å². The number of aliphatic hydroxyl groups is 1. The quantitative estimate of drug-likeness (QED) is 0.781. The zero-order valence-corrected chi connectivity index (χ0v) is 10.9. The summed E-state index contributed by atoms with van der Waals surface area (Å²) in [5, 5.41) is 9.75. The van der Waals surface area contributed by atoms with E-state index in [1.807, 2.05) is 0 Å². The standard InChI is InChI=1S/C14H27NO/c1-11-5-3-6-12(9-11)15(2)13-7-4-8-14(16)10-13/h11-14,16H,3-10H2,1-2H3. The average molecular weight is 225 g/mol. The predicted molar refractivity (Wildman–Crippen MR) is 67.4 cm³/mol. The minimum atomic E-state index is -0.0396. The molecule has 2 heteroatoms. The van der Waals surface area contributed by atoms with Crippen LogP contribution >= 0.6 is 0 Å². The van der Waals surface area contributed by atoms with Crippen LogP contribution in [-0.4, -0.2) is 35.2 Å². The van der Waals surface area contributed by atoms with Crippen LogP contribution < -0.4 is 0 Å². The lowest BCUT2D eigenvalue weighted by Crippen LogP contribution is -2.45. The molecule has 0 aromatic heterocycles. The van der Waals surface area contributed by atoms with Gasteiger partial charge in [-0.05, 0) is 51.5 Å². The van der Waals surface area contributed by atoms with E-state index in [4.69, 9.17) is 0 Å². The van der Waals surface area contributed by atoms with Crippen LogP contribution in [0.25, 0.3) is 0 Å². The third-order valence-electron chi connectivity index (χ3n) is 4.68. The molecular weight excluding hydrogens is 198 g/mol. The van der Waals surface area contributed by atoms with Crippen molar-refractivity contribution < 1.29 is 5.11 Å². The first-order chi connectivity index (χ1) is 7.66. The molecular formula is C14H27NO. The molecule has 4 atom stereocenters. The largest absolute Gasteiger partial charge is 0.393 e. The van der Waals surface area contributed by atoms with Crippen molar-refractivity contribution in [3.63, 3.8) is 0 Å². The van der Waals surface area contributed by atoms with Crippen LogP contribution in [0.2, 0.25) is 0 Å². The molecule has 94 valence electrons. The highest BCUT2D eigenvalue weighted by molar-refractivity contribution is 4.85. The molecule has 4 unspecified atom stereocenters. The molecule has 0 aromatic rings. The highest BCUT2D eigenvalue weighted by Gasteiger charge is 2.30. The molecule has 1 N–H and O–H groups in total. The molecule has 0 bridgehead atoms. The molecule has 0 radical (unpaired) electrons. The summed E-state index contributed by atoms with van der Waals surface area (Å²) in [7, 11) is 2.28. The van der Waals surface area contributed by atoms with Crippen LogP contribution in [-0.2, 0) is 0 Å². The van der Waals surface area contributed by atoms with Crippen molar-refractivity contribution >= 4 is 0 Å². The van der Waals surface area contributed by atoms with Crippen molar-refractivity contribution in [1.82, 2.24) is 4.90 Å². The number of nitrogens with zero attached hydrogens (tertiary/aromatic N) is 1. The lowest BCUT2D eigenvalue weighted by molar-refractivity contribution is 0.0403. The molecule has 2 aliphatic rings. The summed E-state index contributed by atoms with van der Waals surface area (Å²) in [5.41, 5.74) is 0. The molecule has 16 heavy (non-hydrogen) atoms. The third-order valence-corrected chi connectivity index (χ3v) is 4.68. The van der Waals surface area contributed by atoms with Gasteiger partial charge in [0.25, 0.3) is 0 Å². The van der Waals surface area contributed by atoms with Crippen molar-refractivity contribution in [2.24, 2.45) is 5.92 Å². The van der Waals surface area contributed by atoms with E-state index in [0.29, 0.717) is 6.04 Å². The average Bonchev–Trinajstić information content (AvgIpc) is 2.28. The first kappa shape index (κ1) is 12.4. The highest BCUT2D eigenvalue weighted by Crippen LogP contribution is 2.31. The van der Waals surface area contributed by atoms with Gasteiger partial charge >= 0.3 is 0 Å². The molecule has 0 aromatic carbocycles. The Labute approximate surface area is 100 Å². The first-order valence-corrected chi connectivity index (χ1v) is 7.07. The second kappa shape index (κ2) is 5.50. The maximum Gasteiger partial charge on any atom is 0.0555 e. The normalized spacial score (nSPS) is 41.2. The summed E-state index contributed by atoms with van der Waals surface area (Å²) < 4.78 is 0. The van der Waals surface area contributed by atoms with Crippen molar-refractivity contribution in [2.45, 2.75) is 76.5 Å². The monoisotopic (exact) mass is 225 g/mol. The Bertz CT molecular complexity index is 197. The van der Waals surface area contributed by atoms with Gasteiger partial charge in [0.05, 0.1) is 6.10 Å². The van der Waals surface area contributed by atoms with Gasteiger partial charge in [0, 0.05) is 12.1 Å². The molecule has 0 aliphatic heterocycles. The predicted octanol–water partition coefficient (Wildman–Crippen LogP) is 2.80. The van der Waals surface area contributed by atoms with Gasteiger partial charge in [0.1, 0.15) is 0 Å². The smallest absolute Gasteiger partial charge is 0.0555 e. The van der Waals surface area contributed by atoms with Crippen LogP contribution in [0.15, 0.2) is 0 Å². The lowest BCUT2D eigenvalue weighted by atomic mass is 9.84. The van der Waals surface area contributed by atoms with Gasteiger partial charge < -0.3 is 10.0 Å². The summed E-state index contributed by atoms with van der Waals surface area (Å²) in [6.45, 7) is 2.38. The van der Waals surface area contributed by atoms with Crippen LogP contribution in [0.5, 0.6) is 0 Å². The molecule has 0 heterocycles. The second-order valence-corrected chi connectivity index (χ2v) is 6.07. The summed E-state index contributed by atoms with van der Waals surface area (Å²) in [6.07, 6.45) is 10.0. The second-order valence-electron chi connectivity index (χ2n) is 6.07. The lowest BCUT2D eigenvalue weighted by Gasteiger charge is -2.41. The zero-order valence-electron chi connectivity index (χ0n) is 10.9. The summed E-state index contributed by atoms with van der Waals surface area (Å²) in [5.74, 6) is 0.898. The molecule has 2 fully saturated rings. The molecule has 2 rings (SSSR count). The van der Waals surface area contributed by atoms with E-state index >= 15 is 0 Å². The van der Waals surface area contributed by atoms with Gasteiger partial charge in [-0.25, -0.2) is 0 Å². The fourth-order valence-corrected chi connectivity index (χ4v) is 3.58. The van der Waals surface area contributed by atoms with Gasteiger partial charge in [-0.2, -0.15) is 0 Å². The zero-order chi connectivity index (χ0) is 11.5. The Kier molecular flexibility index (Phi) is 4.26. The van der Waals surface area contributed by atoms with Crippen LogP contribution in [0, 0.1) is 5.92 Å². The third kappa shape index (κ3) is 2.98. The van der Waals surface area contributed by atoms with E-state index < -0.39 is 0 Å². The summed E-state index contributed by atoms with van der Waals surface area (Å²) in [4.78, 5) is 2.58. The summed E-state index contributed by atoms with van der Waals surface area (Å²) >= 11 is 0. The highest BCUT2D eigenvalue weighted by atomic mass is 16.3. The Morgan fingerprint density at radius 1 is 0.938 bits per heavy atom. The fraction of sp³-hybridized carbons (Fsp3) is 1.00. The molecule has 2 nitrogen and oxygen atoms in total. The van der Waals surface area contributed by atoms with Crippen molar-refractivity contribution in [3.05, 3.63) is 0 Å². The first-order valence-electron chi connectivity index (χ1n) is 7.07. The molecule has 0 spiro atoms. The van der Waals surface area contributed by atoms with E-state index in [2.05, 4.69) is 18.9 Å². The van der Waals surface area contributed by atoms with Crippen molar-refractivity contribution in [1.29, 1.82) is 0 Å². The van der Waals surface area contributed by atoms with E-state index in [1.54, 1.807) is 0 Å². The number of aliphatic hydroxyl groups excluding tert-OH is 1. The number of rotatable bonds is 2. The number of hydrogen-bond donors (Lipinski definition) is 1. The van der Waals surface area contributed by atoms with Gasteiger partial charge in [0.2, 0.25) is 0 Å². The Hall–Kier alpha value is -0.0800. The Balaban J connectivity index is 1.87. The van der Waals surface area contributed by atoms with Crippen LogP contribution in [0.4, 0.5) is 0 Å². The minimum absolute atomic E-state index is 0.0396. The minimum Gasteiger partial charge on any atom is -0.393 e. The van der Waals surface area contributed by atoms with E-state index in [-0.39, 0.29) is 6.10 Å². The van der Waals surface area contributed by atoms with Crippen LogP contribution in [0.1, 0.15) is 58.3 Å². The van der Waals surface area contributed by atoms with Crippen molar-refractivity contribution in [2.75, 3.05) is 7.05 Å². The number of hydrogen-bond acceptors (Lipinski definition) is 2.